The summed E-state index contributed by atoms with van der Waals surface area (Å²) in [4.78, 5) is 26.8. The van der Waals surface area contributed by atoms with Gasteiger partial charge >= 0.3 is 6.03 Å². The minimum atomic E-state index is -0.624. The normalized spacial score (nSPS) is 19.6. The summed E-state index contributed by atoms with van der Waals surface area (Å²) in [6, 6.07) is 5.92. The smallest absolute Gasteiger partial charge is 0.317 e. The maximum absolute atomic E-state index is 13.0. The van der Waals surface area contributed by atoms with Crippen LogP contribution in [0.1, 0.15) is 38.7 Å². The van der Waals surface area contributed by atoms with Crippen molar-refractivity contribution in [1.82, 2.24) is 15.5 Å². The highest BCUT2D eigenvalue weighted by Crippen LogP contribution is 2.29. The molecule has 1 aromatic rings. The first-order valence-corrected chi connectivity index (χ1v) is 9.58. The number of hydrogen-bond acceptors (Lipinski definition) is 3. The van der Waals surface area contributed by atoms with Crippen LogP contribution in [0.15, 0.2) is 24.3 Å². The first kappa shape index (κ1) is 21.2. The summed E-state index contributed by atoms with van der Waals surface area (Å²) < 4.78 is 18.2. The topological polar surface area (TPSA) is 70.7 Å². The largest absolute Gasteiger partial charge is 0.382 e. The van der Waals surface area contributed by atoms with Crippen molar-refractivity contribution in [3.8, 4) is 0 Å². The molecule has 1 aliphatic rings. The monoisotopic (exact) mass is 379 g/mol. The summed E-state index contributed by atoms with van der Waals surface area (Å²) in [7, 11) is 0. The molecule has 150 valence electrons. The minimum absolute atomic E-state index is 0.0827. The summed E-state index contributed by atoms with van der Waals surface area (Å²) in [5.74, 6) is -0.382. The SMILES string of the molecule is CCOCCCNC(=O)N1CCCC(C)(C(=O)NCc2ccc(F)cc2)C1. The summed E-state index contributed by atoms with van der Waals surface area (Å²) in [5.41, 5.74) is 0.217. The van der Waals surface area contributed by atoms with Gasteiger partial charge < -0.3 is 20.3 Å². The summed E-state index contributed by atoms with van der Waals surface area (Å²) in [6.45, 7) is 7.07. The van der Waals surface area contributed by atoms with Gasteiger partial charge in [0.25, 0.3) is 0 Å². The van der Waals surface area contributed by atoms with Gasteiger partial charge in [-0.3, -0.25) is 4.79 Å². The number of halogens is 1. The van der Waals surface area contributed by atoms with Gasteiger partial charge in [-0.1, -0.05) is 12.1 Å². The minimum Gasteiger partial charge on any atom is -0.382 e. The number of rotatable bonds is 8. The Morgan fingerprint density at radius 3 is 2.70 bits per heavy atom. The highest BCUT2D eigenvalue weighted by molar-refractivity contribution is 5.84. The molecular formula is C20H30FN3O3. The molecule has 27 heavy (non-hydrogen) atoms. The van der Waals surface area contributed by atoms with E-state index in [4.69, 9.17) is 4.74 Å². The molecule has 7 heteroatoms. The Labute approximate surface area is 160 Å². The third kappa shape index (κ3) is 6.50. The fraction of sp³-hybridized carbons (Fsp3) is 0.600. The molecule has 3 amide bonds. The maximum atomic E-state index is 13.0. The second kappa shape index (κ2) is 10.3. The molecule has 1 saturated heterocycles. The van der Waals surface area contributed by atoms with E-state index in [-0.39, 0.29) is 17.8 Å². The van der Waals surface area contributed by atoms with Gasteiger partial charge in [0.1, 0.15) is 5.82 Å². The molecule has 0 aliphatic carbocycles. The van der Waals surface area contributed by atoms with Crippen molar-refractivity contribution >= 4 is 11.9 Å². The molecule has 0 spiro atoms. The van der Waals surface area contributed by atoms with E-state index in [0.29, 0.717) is 39.4 Å². The number of hydrogen-bond donors (Lipinski definition) is 2. The lowest BCUT2D eigenvalue weighted by molar-refractivity contribution is -0.132. The Hall–Kier alpha value is -2.15. The van der Waals surface area contributed by atoms with E-state index in [1.54, 1.807) is 17.0 Å². The Bertz CT molecular complexity index is 623. The van der Waals surface area contributed by atoms with E-state index in [1.807, 2.05) is 13.8 Å². The number of nitrogens with zero attached hydrogens (tertiary/aromatic N) is 1. The van der Waals surface area contributed by atoms with Crippen molar-refractivity contribution in [3.63, 3.8) is 0 Å². The Morgan fingerprint density at radius 2 is 2.00 bits per heavy atom. The van der Waals surface area contributed by atoms with E-state index in [0.717, 1.165) is 24.8 Å². The van der Waals surface area contributed by atoms with Gasteiger partial charge in [-0.15, -0.1) is 0 Å². The summed E-state index contributed by atoms with van der Waals surface area (Å²) in [6.07, 6.45) is 2.28. The van der Waals surface area contributed by atoms with Crippen molar-refractivity contribution in [3.05, 3.63) is 35.6 Å². The van der Waals surface area contributed by atoms with Gasteiger partial charge in [0.15, 0.2) is 0 Å². The fourth-order valence-corrected chi connectivity index (χ4v) is 3.22. The zero-order valence-corrected chi connectivity index (χ0v) is 16.2. The van der Waals surface area contributed by atoms with Crippen molar-refractivity contribution in [1.29, 1.82) is 0 Å². The lowest BCUT2D eigenvalue weighted by Crippen LogP contribution is -2.54. The van der Waals surface area contributed by atoms with Crippen molar-refractivity contribution < 1.29 is 18.7 Å². The molecule has 1 atom stereocenters. The first-order chi connectivity index (χ1) is 12.9. The highest BCUT2D eigenvalue weighted by atomic mass is 19.1. The lowest BCUT2D eigenvalue weighted by Gasteiger charge is -2.39. The predicted octanol–water partition coefficient (Wildman–Crippen LogP) is 2.68. The van der Waals surface area contributed by atoms with Crippen LogP contribution in [0, 0.1) is 11.2 Å². The molecule has 0 bridgehead atoms. The average Bonchev–Trinajstić information content (AvgIpc) is 2.67. The van der Waals surface area contributed by atoms with Gasteiger partial charge in [-0.25, -0.2) is 9.18 Å². The van der Waals surface area contributed by atoms with E-state index >= 15 is 0 Å². The molecule has 1 aromatic carbocycles. The van der Waals surface area contributed by atoms with E-state index in [9.17, 15) is 14.0 Å². The van der Waals surface area contributed by atoms with Crippen LogP contribution < -0.4 is 10.6 Å². The number of urea groups is 1. The highest BCUT2D eigenvalue weighted by Gasteiger charge is 2.39. The van der Waals surface area contributed by atoms with Crippen molar-refractivity contribution in [2.45, 2.75) is 39.7 Å². The molecule has 6 nitrogen and oxygen atoms in total. The number of carbonyl (C=O) groups excluding carboxylic acids is 2. The van der Waals surface area contributed by atoms with Crippen LogP contribution in [0.4, 0.5) is 9.18 Å². The van der Waals surface area contributed by atoms with Gasteiger partial charge in [0, 0.05) is 39.4 Å². The quantitative estimate of drug-likeness (QED) is 0.682. The first-order valence-electron chi connectivity index (χ1n) is 9.58. The van der Waals surface area contributed by atoms with Gasteiger partial charge in [-0.2, -0.15) is 0 Å². The maximum Gasteiger partial charge on any atom is 0.317 e. The predicted molar refractivity (Wildman–Crippen MR) is 102 cm³/mol. The molecule has 1 aliphatic heterocycles. The third-order valence-electron chi connectivity index (χ3n) is 4.84. The van der Waals surface area contributed by atoms with Crippen LogP contribution in [-0.2, 0) is 16.1 Å². The summed E-state index contributed by atoms with van der Waals surface area (Å²) in [5, 5.41) is 5.81. The molecule has 1 unspecified atom stereocenters. The number of nitrogens with one attached hydrogen (secondary N) is 2. The molecule has 0 radical (unpaired) electrons. The zero-order valence-electron chi connectivity index (χ0n) is 16.2. The Balaban J connectivity index is 1.81. The molecular weight excluding hydrogens is 349 g/mol. The fourth-order valence-electron chi connectivity index (χ4n) is 3.22. The molecule has 2 N–H and O–H groups in total. The Morgan fingerprint density at radius 1 is 1.26 bits per heavy atom. The van der Waals surface area contributed by atoms with Crippen molar-refractivity contribution in [2.75, 3.05) is 32.8 Å². The second-order valence-electron chi connectivity index (χ2n) is 7.18. The van der Waals surface area contributed by atoms with E-state index in [1.165, 1.54) is 12.1 Å². The van der Waals surface area contributed by atoms with Gasteiger partial charge in [0.05, 0.1) is 5.41 Å². The van der Waals surface area contributed by atoms with Crippen LogP contribution in [0.2, 0.25) is 0 Å². The summed E-state index contributed by atoms with van der Waals surface area (Å²) >= 11 is 0. The van der Waals surface area contributed by atoms with Crippen LogP contribution in [0.5, 0.6) is 0 Å². The van der Waals surface area contributed by atoms with Crippen LogP contribution in [-0.4, -0.2) is 49.7 Å². The van der Waals surface area contributed by atoms with E-state index in [2.05, 4.69) is 10.6 Å². The van der Waals surface area contributed by atoms with Gasteiger partial charge in [0.2, 0.25) is 5.91 Å². The standard InChI is InChI=1S/C20H30FN3O3/c1-3-27-13-5-11-22-19(26)24-12-4-10-20(2,15-24)18(25)23-14-16-6-8-17(21)9-7-16/h6-9H,3-5,10-15H2,1-2H3,(H,22,26)(H,23,25). The van der Waals surface area contributed by atoms with Gasteiger partial charge in [-0.05, 0) is 50.8 Å². The van der Waals surface area contributed by atoms with Crippen molar-refractivity contribution in [2.24, 2.45) is 5.41 Å². The number of likely N-dealkylation sites (tertiary alicyclic amines) is 1. The number of carbonyl (C=O) groups is 2. The van der Waals surface area contributed by atoms with Crippen LogP contribution in [0.3, 0.4) is 0 Å². The Kier molecular flexibility index (Phi) is 8.03. The molecule has 2 rings (SSSR count). The second-order valence-corrected chi connectivity index (χ2v) is 7.18. The number of piperidine rings is 1. The van der Waals surface area contributed by atoms with Crippen LogP contribution >= 0.6 is 0 Å². The molecule has 1 heterocycles. The molecule has 1 fully saturated rings. The third-order valence-corrected chi connectivity index (χ3v) is 4.84. The molecule has 0 aromatic heterocycles. The lowest BCUT2D eigenvalue weighted by atomic mass is 9.81. The number of ether oxygens (including phenoxy) is 1. The zero-order chi connectivity index (χ0) is 19.7. The van der Waals surface area contributed by atoms with E-state index < -0.39 is 5.41 Å². The number of amides is 3. The number of benzene rings is 1. The average molecular weight is 379 g/mol. The van der Waals surface area contributed by atoms with Crippen LogP contribution in [0.25, 0.3) is 0 Å². The molecule has 0 saturated carbocycles.